The molecule has 0 bridgehead atoms. The van der Waals surface area contributed by atoms with Gasteiger partial charge < -0.3 is 19.1 Å². The molecule has 3 aliphatic heterocycles. The lowest BCUT2D eigenvalue weighted by Crippen LogP contribution is -2.34. The lowest BCUT2D eigenvalue weighted by Gasteiger charge is -2.37. The van der Waals surface area contributed by atoms with Gasteiger partial charge in [-0.3, -0.25) is 0 Å². The van der Waals surface area contributed by atoms with Crippen molar-refractivity contribution in [3.05, 3.63) is 101 Å². The van der Waals surface area contributed by atoms with Crippen LogP contribution in [0.2, 0.25) is 0 Å². The molecule has 0 spiro atoms. The normalized spacial score (nSPS) is 21.9. The summed E-state index contributed by atoms with van der Waals surface area (Å²) >= 11 is 0. The minimum absolute atomic E-state index is 0.157. The molecule has 2 atom stereocenters. The largest absolute Gasteiger partial charge is 0.497 e. The van der Waals surface area contributed by atoms with E-state index in [-0.39, 0.29) is 6.10 Å². The van der Waals surface area contributed by atoms with Crippen LogP contribution in [0, 0.1) is 0 Å². The molecular weight excluding hydrogens is 458 g/mol. The molecule has 1 fully saturated rings. The van der Waals surface area contributed by atoms with E-state index in [0.717, 1.165) is 64.2 Å². The quantitative estimate of drug-likeness (QED) is 0.305. The molecule has 1 saturated heterocycles. The van der Waals surface area contributed by atoms with Gasteiger partial charge in [0.15, 0.2) is 5.60 Å². The average molecular weight is 490 g/mol. The van der Waals surface area contributed by atoms with E-state index >= 15 is 0 Å². The first-order chi connectivity index (χ1) is 18.2. The molecule has 4 aromatic rings. The van der Waals surface area contributed by atoms with Crippen LogP contribution in [0.5, 0.6) is 17.2 Å². The second-order valence-corrected chi connectivity index (χ2v) is 10.4. The number of nitrogens with zero attached hydrogens (tertiary/aromatic N) is 1. The van der Waals surface area contributed by atoms with Crippen LogP contribution in [0.25, 0.3) is 16.8 Å². The molecule has 186 valence electrons. The van der Waals surface area contributed by atoms with E-state index in [0.29, 0.717) is 0 Å². The summed E-state index contributed by atoms with van der Waals surface area (Å²) < 4.78 is 19.0. The SMILES string of the molecule is COc1ccc(C2(c3ccc(N4CCCC4)cc3)C=Cc3c4c(c5ccccc5c3O2)OC(C)C4)cc1. The Hall–Kier alpha value is -3.92. The predicted octanol–water partition coefficient (Wildman–Crippen LogP) is 7.12. The number of fused-ring (bicyclic) bond motifs is 6. The van der Waals surface area contributed by atoms with Crippen molar-refractivity contribution in [1.29, 1.82) is 0 Å². The Morgan fingerprint density at radius 3 is 2.16 bits per heavy atom. The van der Waals surface area contributed by atoms with Crippen LogP contribution in [-0.4, -0.2) is 26.3 Å². The Kier molecular flexibility index (Phi) is 5.17. The highest BCUT2D eigenvalue weighted by Gasteiger charge is 2.40. The molecular formula is C33H31NO3. The van der Waals surface area contributed by atoms with Crippen LogP contribution in [0.1, 0.15) is 42.0 Å². The lowest BCUT2D eigenvalue weighted by atomic mass is 9.82. The van der Waals surface area contributed by atoms with Gasteiger partial charge in [-0.25, -0.2) is 0 Å². The molecule has 37 heavy (non-hydrogen) atoms. The second-order valence-electron chi connectivity index (χ2n) is 10.4. The van der Waals surface area contributed by atoms with E-state index in [4.69, 9.17) is 14.2 Å². The number of methoxy groups -OCH3 is 1. The number of ether oxygens (including phenoxy) is 3. The van der Waals surface area contributed by atoms with Gasteiger partial charge in [-0.1, -0.05) is 54.6 Å². The van der Waals surface area contributed by atoms with E-state index in [1.807, 2.05) is 12.1 Å². The zero-order valence-corrected chi connectivity index (χ0v) is 21.4. The Balaban J connectivity index is 1.41. The van der Waals surface area contributed by atoms with Crippen molar-refractivity contribution >= 4 is 22.5 Å². The van der Waals surface area contributed by atoms with Crippen LogP contribution in [0.3, 0.4) is 0 Å². The van der Waals surface area contributed by atoms with Gasteiger partial charge in [0.25, 0.3) is 0 Å². The molecule has 0 amide bonds. The van der Waals surface area contributed by atoms with Crippen molar-refractivity contribution in [1.82, 2.24) is 0 Å². The number of rotatable bonds is 4. The molecule has 7 rings (SSSR count). The Bertz CT molecular complexity index is 1500. The monoisotopic (exact) mass is 489 g/mol. The summed E-state index contributed by atoms with van der Waals surface area (Å²) in [6, 6.07) is 25.7. The third kappa shape index (κ3) is 3.50. The van der Waals surface area contributed by atoms with Gasteiger partial charge in [-0.2, -0.15) is 0 Å². The highest BCUT2D eigenvalue weighted by molar-refractivity contribution is 5.99. The van der Waals surface area contributed by atoms with Gasteiger partial charge in [0.05, 0.1) is 7.11 Å². The van der Waals surface area contributed by atoms with Crippen LogP contribution in [-0.2, 0) is 12.0 Å². The van der Waals surface area contributed by atoms with E-state index in [9.17, 15) is 0 Å². The molecule has 4 nitrogen and oxygen atoms in total. The number of anilines is 1. The second kappa shape index (κ2) is 8.58. The molecule has 0 aliphatic carbocycles. The maximum absolute atomic E-state index is 7.21. The van der Waals surface area contributed by atoms with Gasteiger partial charge in [0, 0.05) is 58.2 Å². The van der Waals surface area contributed by atoms with Crippen LogP contribution in [0.15, 0.2) is 78.9 Å². The zero-order chi connectivity index (χ0) is 25.0. The maximum atomic E-state index is 7.21. The third-order valence-electron chi connectivity index (χ3n) is 8.10. The van der Waals surface area contributed by atoms with Gasteiger partial charge >= 0.3 is 0 Å². The molecule has 2 unspecified atom stereocenters. The molecule has 4 aromatic carbocycles. The van der Waals surface area contributed by atoms with Crippen molar-refractivity contribution in [2.24, 2.45) is 0 Å². The summed E-state index contributed by atoms with van der Waals surface area (Å²) in [7, 11) is 1.70. The summed E-state index contributed by atoms with van der Waals surface area (Å²) in [6.45, 7) is 4.40. The fraction of sp³-hybridized carbons (Fsp3) is 0.273. The van der Waals surface area contributed by atoms with Gasteiger partial charge in [0.1, 0.15) is 23.4 Å². The molecule has 0 N–H and O–H groups in total. The van der Waals surface area contributed by atoms with Crippen molar-refractivity contribution < 1.29 is 14.2 Å². The van der Waals surface area contributed by atoms with E-state index in [1.165, 1.54) is 24.1 Å². The summed E-state index contributed by atoms with van der Waals surface area (Å²) in [5.41, 5.74) is 5.07. The van der Waals surface area contributed by atoms with E-state index in [2.05, 4.69) is 84.6 Å². The van der Waals surface area contributed by atoms with Gasteiger partial charge in [0.2, 0.25) is 0 Å². The summed E-state index contributed by atoms with van der Waals surface area (Å²) in [5.74, 6) is 2.76. The number of hydrogen-bond donors (Lipinski definition) is 0. The molecule has 0 aromatic heterocycles. The van der Waals surface area contributed by atoms with Crippen molar-refractivity contribution in [3.8, 4) is 17.2 Å². The Labute approximate surface area is 218 Å². The Morgan fingerprint density at radius 2 is 1.49 bits per heavy atom. The van der Waals surface area contributed by atoms with E-state index in [1.54, 1.807) is 7.11 Å². The first-order valence-corrected chi connectivity index (χ1v) is 13.3. The zero-order valence-electron chi connectivity index (χ0n) is 21.4. The first-order valence-electron chi connectivity index (χ1n) is 13.3. The van der Waals surface area contributed by atoms with E-state index < -0.39 is 5.60 Å². The molecule has 3 heterocycles. The minimum Gasteiger partial charge on any atom is -0.497 e. The molecule has 0 radical (unpaired) electrons. The van der Waals surface area contributed by atoms with Gasteiger partial charge in [-0.05, 0) is 50.1 Å². The van der Waals surface area contributed by atoms with Crippen LogP contribution >= 0.6 is 0 Å². The topological polar surface area (TPSA) is 30.9 Å². The molecule has 3 aliphatic rings. The first kappa shape index (κ1) is 22.3. The Morgan fingerprint density at radius 1 is 0.838 bits per heavy atom. The number of benzene rings is 4. The highest BCUT2D eigenvalue weighted by atomic mass is 16.5. The van der Waals surface area contributed by atoms with Crippen LogP contribution in [0.4, 0.5) is 5.69 Å². The maximum Gasteiger partial charge on any atom is 0.178 e. The fourth-order valence-corrected chi connectivity index (χ4v) is 6.21. The summed E-state index contributed by atoms with van der Waals surface area (Å²) in [5, 5.41) is 2.20. The smallest absolute Gasteiger partial charge is 0.178 e. The molecule has 4 heteroatoms. The standard InChI is InChI=1S/C33H31NO3/c1-22-21-30-29-17-18-33(24-11-15-26(35-2)16-12-24,23-9-13-25(14-10-23)34-19-5-6-20-34)37-32(29)28-8-4-3-7-27(28)31(30)36-22/h3-4,7-18,22H,5-6,19-21H2,1-2H3. The highest BCUT2D eigenvalue weighted by Crippen LogP contribution is 2.51. The van der Waals surface area contributed by atoms with Gasteiger partial charge in [-0.15, -0.1) is 0 Å². The minimum atomic E-state index is -0.759. The third-order valence-corrected chi connectivity index (χ3v) is 8.10. The van der Waals surface area contributed by atoms with Crippen LogP contribution < -0.4 is 19.1 Å². The van der Waals surface area contributed by atoms with Crippen molar-refractivity contribution in [2.45, 2.75) is 37.9 Å². The summed E-state index contributed by atoms with van der Waals surface area (Å²) in [4.78, 5) is 2.47. The molecule has 0 saturated carbocycles. The lowest BCUT2D eigenvalue weighted by molar-refractivity contribution is 0.163. The predicted molar refractivity (Wildman–Crippen MR) is 149 cm³/mol. The fourth-order valence-electron chi connectivity index (χ4n) is 6.21. The average Bonchev–Trinajstić information content (AvgIpc) is 3.63. The number of hydrogen-bond acceptors (Lipinski definition) is 4. The van der Waals surface area contributed by atoms with Crippen molar-refractivity contribution in [3.63, 3.8) is 0 Å². The van der Waals surface area contributed by atoms with Crippen molar-refractivity contribution in [2.75, 3.05) is 25.1 Å². The summed E-state index contributed by atoms with van der Waals surface area (Å²) in [6.07, 6.45) is 8.05.